The predicted octanol–water partition coefficient (Wildman–Crippen LogP) is 3.59. The molecule has 0 aliphatic heterocycles. The number of fused-ring (bicyclic) bond motifs is 1. The van der Waals surface area contributed by atoms with E-state index in [0.717, 1.165) is 36.1 Å². The maximum Gasteiger partial charge on any atom is 0.252 e. The number of benzene rings is 1. The van der Waals surface area contributed by atoms with Crippen molar-refractivity contribution in [1.82, 2.24) is 24.8 Å². The molecule has 0 saturated heterocycles. The Hall–Kier alpha value is -3.22. The smallest absolute Gasteiger partial charge is 0.252 e. The average Bonchev–Trinajstić information content (AvgIpc) is 3.19. The Bertz CT molecular complexity index is 1060. The molecule has 1 saturated carbocycles. The lowest BCUT2D eigenvalue weighted by Gasteiger charge is -2.31. The second-order valence-corrected chi connectivity index (χ2v) is 8.50. The van der Waals surface area contributed by atoms with E-state index in [1.165, 1.54) is 19.3 Å². The Labute approximate surface area is 188 Å². The molecular weight excluding hydrogens is 402 g/mol. The summed E-state index contributed by atoms with van der Waals surface area (Å²) in [6.07, 6.45) is 10.5. The fourth-order valence-corrected chi connectivity index (χ4v) is 4.46. The number of aromatic nitrogens is 3. The number of nitrogens with zero attached hydrogens (tertiary/aromatic N) is 4. The fraction of sp³-hybridized carbons (Fsp3) is 0.440. The average molecular weight is 434 g/mol. The SMILES string of the molecule is CN(C(=O)Cn1c(CCCNC(=O)c2cccnc2)nc2ccccc21)C1CCCCC1. The number of pyridine rings is 1. The molecule has 7 nitrogen and oxygen atoms in total. The van der Waals surface area contributed by atoms with Crippen molar-refractivity contribution in [2.75, 3.05) is 13.6 Å². The predicted molar refractivity (Wildman–Crippen MR) is 124 cm³/mol. The summed E-state index contributed by atoms with van der Waals surface area (Å²) in [5.74, 6) is 0.884. The zero-order valence-electron chi connectivity index (χ0n) is 18.7. The summed E-state index contributed by atoms with van der Waals surface area (Å²) in [4.78, 5) is 36.0. The highest BCUT2D eigenvalue weighted by molar-refractivity contribution is 5.93. The van der Waals surface area contributed by atoms with Gasteiger partial charge in [0.25, 0.3) is 5.91 Å². The third-order valence-corrected chi connectivity index (χ3v) is 6.33. The minimum atomic E-state index is -0.129. The van der Waals surface area contributed by atoms with E-state index in [2.05, 4.69) is 10.3 Å². The van der Waals surface area contributed by atoms with E-state index in [4.69, 9.17) is 4.98 Å². The van der Waals surface area contributed by atoms with Gasteiger partial charge in [-0.25, -0.2) is 4.98 Å². The number of hydrogen-bond donors (Lipinski definition) is 1. The van der Waals surface area contributed by atoms with Gasteiger partial charge in [0.2, 0.25) is 5.91 Å². The lowest BCUT2D eigenvalue weighted by Crippen LogP contribution is -2.40. The lowest BCUT2D eigenvalue weighted by molar-refractivity contribution is -0.133. The normalized spacial score (nSPS) is 14.4. The van der Waals surface area contributed by atoms with Crippen molar-refractivity contribution in [3.63, 3.8) is 0 Å². The number of aryl methyl sites for hydroxylation is 1. The number of hydrogen-bond acceptors (Lipinski definition) is 4. The molecule has 0 atom stereocenters. The summed E-state index contributed by atoms with van der Waals surface area (Å²) in [6, 6.07) is 11.8. The summed E-state index contributed by atoms with van der Waals surface area (Å²) in [6.45, 7) is 0.831. The quantitative estimate of drug-likeness (QED) is 0.551. The molecule has 1 N–H and O–H groups in total. The van der Waals surface area contributed by atoms with Gasteiger partial charge >= 0.3 is 0 Å². The van der Waals surface area contributed by atoms with Gasteiger partial charge in [0, 0.05) is 38.4 Å². The summed E-state index contributed by atoms with van der Waals surface area (Å²) in [5, 5.41) is 2.93. The molecule has 3 aromatic rings. The number of nitrogens with one attached hydrogen (secondary N) is 1. The molecule has 0 radical (unpaired) electrons. The molecule has 7 heteroatoms. The number of carbonyl (C=O) groups is 2. The standard InChI is InChI=1S/C25H31N5O2/c1-29(20-10-3-2-4-11-20)24(31)18-30-22-13-6-5-12-21(22)28-23(30)14-8-16-27-25(32)19-9-7-15-26-17-19/h5-7,9,12-13,15,17,20H,2-4,8,10-11,14,16,18H2,1H3,(H,27,32). The highest BCUT2D eigenvalue weighted by atomic mass is 16.2. The number of para-hydroxylation sites is 2. The van der Waals surface area contributed by atoms with Crippen molar-refractivity contribution >= 4 is 22.8 Å². The van der Waals surface area contributed by atoms with E-state index < -0.39 is 0 Å². The van der Waals surface area contributed by atoms with E-state index in [0.29, 0.717) is 31.1 Å². The summed E-state index contributed by atoms with van der Waals surface area (Å²) < 4.78 is 2.04. The van der Waals surface area contributed by atoms with Crippen LogP contribution < -0.4 is 5.32 Å². The molecule has 0 spiro atoms. The van der Waals surface area contributed by atoms with Crippen LogP contribution in [0.15, 0.2) is 48.8 Å². The fourth-order valence-electron chi connectivity index (χ4n) is 4.46. The maximum absolute atomic E-state index is 13.1. The summed E-state index contributed by atoms with van der Waals surface area (Å²) in [7, 11) is 1.94. The van der Waals surface area contributed by atoms with Crippen molar-refractivity contribution in [1.29, 1.82) is 0 Å². The van der Waals surface area contributed by atoms with Crippen LogP contribution in [0, 0.1) is 0 Å². The van der Waals surface area contributed by atoms with Crippen molar-refractivity contribution in [3.8, 4) is 0 Å². The lowest BCUT2D eigenvalue weighted by atomic mass is 9.94. The Morgan fingerprint density at radius 2 is 1.94 bits per heavy atom. The van der Waals surface area contributed by atoms with E-state index >= 15 is 0 Å². The third-order valence-electron chi connectivity index (χ3n) is 6.33. The van der Waals surface area contributed by atoms with E-state index in [1.807, 2.05) is 40.8 Å². The van der Waals surface area contributed by atoms with Gasteiger partial charge in [-0.1, -0.05) is 31.4 Å². The van der Waals surface area contributed by atoms with Crippen LogP contribution in [0.4, 0.5) is 0 Å². The molecule has 2 amide bonds. The largest absolute Gasteiger partial charge is 0.352 e. The Morgan fingerprint density at radius 3 is 2.72 bits per heavy atom. The summed E-state index contributed by atoms with van der Waals surface area (Å²) >= 11 is 0. The Balaban J connectivity index is 1.41. The molecule has 1 aliphatic carbocycles. The Kier molecular flexibility index (Phi) is 7.14. The van der Waals surface area contributed by atoms with Crippen molar-refractivity contribution < 1.29 is 9.59 Å². The van der Waals surface area contributed by atoms with Crippen LogP contribution in [0.1, 0.15) is 54.7 Å². The molecule has 4 rings (SSSR count). The van der Waals surface area contributed by atoms with Gasteiger partial charge in [-0.3, -0.25) is 14.6 Å². The van der Waals surface area contributed by atoms with Gasteiger partial charge in [-0.05, 0) is 43.5 Å². The zero-order chi connectivity index (χ0) is 22.3. The molecule has 1 fully saturated rings. The van der Waals surface area contributed by atoms with Crippen LogP contribution in [-0.4, -0.2) is 50.9 Å². The van der Waals surface area contributed by atoms with Gasteiger partial charge in [-0.15, -0.1) is 0 Å². The molecule has 1 aliphatic rings. The van der Waals surface area contributed by atoms with E-state index in [9.17, 15) is 9.59 Å². The first kappa shape index (κ1) is 22.0. The van der Waals surface area contributed by atoms with Crippen LogP contribution in [0.3, 0.4) is 0 Å². The summed E-state index contributed by atoms with van der Waals surface area (Å²) in [5.41, 5.74) is 2.43. The van der Waals surface area contributed by atoms with Crippen LogP contribution in [0.25, 0.3) is 11.0 Å². The zero-order valence-corrected chi connectivity index (χ0v) is 18.7. The second-order valence-electron chi connectivity index (χ2n) is 8.50. The molecule has 32 heavy (non-hydrogen) atoms. The van der Waals surface area contributed by atoms with Crippen LogP contribution in [0.2, 0.25) is 0 Å². The second kappa shape index (κ2) is 10.4. The Morgan fingerprint density at radius 1 is 1.12 bits per heavy atom. The first-order valence-electron chi connectivity index (χ1n) is 11.5. The van der Waals surface area contributed by atoms with Gasteiger partial charge < -0.3 is 14.8 Å². The van der Waals surface area contributed by atoms with Crippen molar-refractivity contribution in [2.45, 2.75) is 57.5 Å². The van der Waals surface area contributed by atoms with E-state index in [1.54, 1.807) is 24.5 Å². The molecule has 168 valence electrons. The molecule has 1 aromatic carbocycles. The number of imidazole rings is 1. The number of carbonyl (C=O) groups excluding carboxylic acids is 2. The number of amides is 2. The van der Waals surface area contributed by atoms with Gasteiger partial charge in [0.1, 0.15) is 12.4 Å². The third kappa shape index (κ3) is 5.15. The van der Waals surface area contributed by atoms with Crippen LogP contribution in [-0.2, 0) is 17.8 Å². The van der Waals surface area contributed by atoms with Crippen LogP contribution >= 0.6 is 0 Å². The van der Waals surface area contributed by atoms with Crippen molar-refractivity contribution in [2.24, 2.45) is 0 Å². The minimum absolute atomic E-state index is 0.129. The van der Waals surface area contributed by atoms with Crippen molar-refractivity contribution in [3.05, 3.63) is 60.2 Å². The van der Waals surface area contributed by atoms with Crippen LogP contribution in [0.5, 0.6) is 0 Å². The minimum Gasteiger partial charge on any atom is -0.352 e. The van der Waals surface area contributed by atoms with Gasteiger partial charge in [-0.2, -0.15) is 0 Å². The first-order chi connectivity index (χ1) is 15.6. The maximum atomic E-state index is 13.1. The molecule has 2 aromatic heterocycles. The van der Waals surface area contributed by atoms with Gasteiger partial charge in [0.05, 0.1) is 16.6 Å². The molecule has 0 unspecified atom stereocenters. The van der Waals surface area contributed by atoms with E-state index in [-0.39, 0.29) is 11.8 Å². The molecule has 2 heterocycles. The number of likely N-dealkylation sites (N-methyl/N-ethyl adjacent to an activating group) is 1. The van der Waals surface area contributed by atoms with Gasteiger partial charge in [0.15, 0.2) is 0 Å². The highest BCUT2D eigenvalue weighted by Crippen LogP contribution is 2.23. The first-order valence-corrected chi connectivity index (χ1v) is 11.5. The molecular formula is C25H31N5O2. The topological polar surface area (TPSA) is 80.1 Å². The molecule has 0 bridgehead atoms. The monoisotopic (exact) mass is 433 g/mol. The highest BCUT2D eigenvalue weighted by Gasteiger charge is 2.23. The number of rotatable bonds is 8.